The van der Waals surface area contributed by atoms with Gasteiger partial charge in [-0.15, -0.1) is 0 Å². The van der Waals surface area contributed by atoms with Crippen LogP contribution in [0.3, 0.4) is 0 Å². The number of rotatable bonds is 2. The van der Waals surface area contributed by atoms with E-state index in [1.165, 1.54) is 12.6 Å². The Kier molecular flexibility index (Phi) is 3.53. The lowest BCUT2D eigenvalue weighted by Crippen LogP contribution is -2.42. The Bertz CT molecular complexity index is 394. The number of hydrogen-bond acceptors (Lipinski definition) is 3. The highest BCUT2D eigenvalue weighted by Crippen LogP contribution is 2.35. The van der Waals surface area contributed by atoms with Crippen molar-refractivity contribution in [2.24, 2.45) is 0 Å². The van der Waals surface area contributed by atoms with E-state index in [9.17, 15) is 4.79 Å². The van der Waals surface area contributed by atoms with Crippen LogP contribution in [0.15, 0.2) is 24.3 Å². The maximum atomic E-state index is 12.1. The van der Waals surface area contributed by atoms with E-state index in [0.717, 1.165) is 5.56 Å². The van der Waals surface area contributed by atoms with Crippen molar-refractivity contribution in [1.29, 1.82) is 0 Å². The minimum absolute atomic E-state index is 0.148. The molecule has 1 aromatic rings. The maximum Gasteiger partial charge on any atom is 0.316 e. The van der Waals surface area contributed by atoms with Crippen LogP contribution in [0.2, 0.25) is 0 Å². The van der Waals surface area contributed by atoms with Gasteiger partial charge in [-0.1, -0.05) is 29.7 Å². The third kappa shape index (κ3) is 2.22. The van der Waals surface area contributed by atoms with E-state index in [4.69, 9.17) is 9.47 Å². The number of esters is 1. The molecule has 0 radical (unpaired) electrons. The standard InChI is InChI=1S/C13H17BO3/c1-16-12(15)13(6-8-17-9-7-13)10-2-4-11(14)5-3-10/h2-5H,6-9,14H2,1H3. The second-order valence-electron chi connectivity index (χ2n) is 4.55. The minimum Gasteiger partial charge on any atom is -0.468 e. The molecule has 1 aliphatic rings. The van der Waals surface area contributed by atoms with Gasteiger partial charge in [0.1, 0.15) is 7.85 Å². The Labute approximate surface area is 103 Å². The Hall–Kier alpha value is -1.29. The summed E-state index contributed by atoms with van der Waals surface area (Å²) in [6, 6.07) is 8.13. The number of carbonyl (C=O) groups excluding carboxylic acids is 1. The van der Waals surface area contributed by atoms with Crippen LogP contribution < -0.4 is 5.46 Å². The van der Waals surface area contributed by atoms with Gasteiger partial charge in [0.25, 0.3) is 0 Å². The third-order valence-electron chi connectivity index (χ3n) is 3.53. The molecule has 0 amide bonds. The summed E-state index contributed by atoms with van der Waals surface area (Å²) in [5.41, 5.74) is 1.72. The zero-order chi connectivity index (χ0) is 12.3. The van der Waals surface area contributed by atoms with Crippen LogP contribution in [0.4, 0.5) is 0 Å². The second kappa shape index (κ2) is 4.92. The van der Waals surface area contributed by atoms with Crippen LogP contribution in [0, 0.1) is 0 Å². The number of methoxy groups -OCH3 is 1. The van der Waals surface area contributed by atoms with Gasteiger partial charge in [-0.25, -0.2) is 0 Å². The van der Waals surface area contributed by atoms with Crippen molar-refractivity contribution < 1.29 is 14.3 Å². The van der Waals surface area contributed by atoms with Gasteiger partial charge in [-0.05, 0) is 18.4 Å². The van der Waals surface area contributed by atoms with Crippen molar-refractivity contribution in [2.75, 3.05) is 20.3 Å². The summed E-state index contributed by atoms with van der Waals surface area (Å²) in [5.74, 6) is -0.148. The average molecular weight is 232 g/mol. The fourth-order valence-corrected chi connectivity index (χ4v) is 2.40. The first-order chi connectivity index (χ1) is 8.19. The molecule has 1 saturated heterocycles. The van der Waals surface area contributed by atoms with E-state index in [0.29, 0.717) is 26.1 Å². The first-order valence-corrected chi connectivity index (χ1v) is 5.92. The summed E-state index contributed by atoms with van der Waals surface area (Å²) < 4.78 is 10.3. The van der Waals surface area contributed by atoms with E-state index in [-0.39, 0.29) is 5.97 Å². The van der Waals surface area contributed by atoms with Crippen molar-refractivity contribution in [1.82, 2.24) is 0 Å². The van der Waals surface area contributed by atoms with Crippen molar-refractivity contribution in [2.45, 2.75) is 18.3 Å². The van der Waals surface area contributed by atoms with Gasteiger partial charge < -0.3 is 9.47 Å². The largest absolute Gasteiger partial charge is 0.468 e. The molecule has 0 spiro atoms. The Balaban J connectivity index is 2.38. The van der Waals surface area contributed by atoms with E-state index in [1.54, 1.807) is 0 Å². The zero-order valence-corrected chi connectivity index (χ0v) is 10.4. The average Bonchev–Trinajstić information content (AvgIpc) is 2.39. The topological polar surface area (TPSA) is 35.5 Å². The molecule has 17 heavy (non-hydrogen) atoms. The van der Waals surface area contributed by atoms with Gasteiger partial charge in [0.2, 0.25) is 0 Å². The molecule has 1 aliphatic heterocycles. The van der Waals surface area contributed by atoms with Crippen LogP contribution in [-0.4, -0.2) is 34.1 Å². The maximum absolute atomic E-state index is 12.1. The highest BCUT2D eigenvalue weighted by molar-refractivity contribution is 6.32. The smallest absolute Gasteiger partial charge is 0.316 e. The summed E-state index contributed by atoms with van der Waals surface area (Å²) in [6.45, 7) is 1.23. The quantitative estimate of drug-likeness (QED) is 0.538. The van der Waals surface area contributed by atoms with Crippen molar-refractivity contribution in [3.8, 4) is 0 Å². The highest BCUT2D eigenvalue weighted by Gasteiger charge is 2.42. The molecule has 0 aromatic heterocycles. The molecule has 0 atom stereocenters. The van der Waals surface area contributed by atoms with Gasteiger partial charge in [0.05, 0.1) is 12.5 Å². The van der Waals surface area contributed by atoms with Crippen LogP contribution in [0.5, 0.6) is 0 Å². The van der Waals surface area contributed by atoms with E-state index >= 15 is 0 Å². The van der Waals surface area contributed by atoms with Gasteiger partial charge in [0.15, 0.2) is 0 Å². The molecule has 1 fully saturated rings. The molecular formula is C13H17BO3. The predicted molar refractivity (Wildman–Crippen MR) is 68.4 cm³/mol. The zero-order valence-electron chi connectivity index (χ0n) is 10.4. The van der Waals surface area contributed by atoms with Crippen LogP contribution in [0.1, 0.15) is 18.4 Å². The molecular weight excluding hydrogens is 215 g/mol. The number of ether oxygens (including phenoxy) is 2. The van der Waals surface area contributed by atoms with Crippen molar-refractivity contribution >= 4 is 19.3 Å². The first-order valence-electron chi connectivity index (χ1n) is 5.92. The van der Waals surface area contributed by atoms with Gasteiger partial charge >= 0.3 is 5.97 Å². The molecule has 0 aliphatic carbocycles. The number of carbonyl (C=O) groups is 1. The molecule has 90 valence electrons. The molecule has 0 bridgehead atoms. The highest BCUT2D eigenvalue weighted by atomic mass is 16.5. The molecule has 3 nitrogen and oxygen atoms in total. The third-order valence-corrected chi connectivity index (χ3v) is 3.53. The second-order valence-corrected chi connectivity index (χ2v) is 4.55. The number of benzene rings is 1. The van der Waals surface area contributed by atoms with E-state index in [2.05, 4.69) is 0 Å². The lowest BCUT2D eigenvalue weighted by Gasteiger charge is -2.34. The minimum atomic E-state index is -0.513. The lowest BCUT2D eigenvalue weighted by molar-refractivity contribution is -0.151. The van der Waals surface area contributed by atoms with E-state index in [1.807, 2.05) is 32.1 Å². The van der Waals surface area contributed by atoms with Crippen molar-refractivity contribution in [3.05, 3.63) is 29.8 Å². The van der Waals surface area contributed by atoms with Crippen LogP contribution >= 0.6 is 0 Å². The predicted octanol–water partition coefficient (Wildman–Crippen LogP) is 0.166. The van der Waals surface area contributed by atoms with Gasteiger partial charge in [0, 0.05) is 13.2 Å². The Morgan fingerprint density at radius 3 is 2.41 bits per heavy atom. The first kappa shape index (κ1) is 12.2. The van der Waals surface area contributed by atoms with Crippen molar-refractivity contribution in [3.63, 3.8) is 0 Å². The molecule has 2 rings (SSSR count). The molecule has 0 saturated carbocycles. The SMILES string of the molecule is Bc1ccc(C2(C(=O)OC)CCOCC2)cc1. The van der Waals surface area contributed by atoms with Gasteiger partial charge in [-0.3, -0.25) is 4.79 Å². The summed E-state index contributed by atoms with van der Waals surface area (Å²) in [7, 11) is 3.49. The molecule has 0 N–H and O–H groups in total. The van der Waals surface area contributed by atoms with Crippen LogP contribution in [-0.2, 0) is 19.7 Å². The molecule has 1 aromatic carbocycles. The normalized spacial score (nSPS) is 18.6. The van der Waals surface area contributed by atoms with Crippen LogP contribution in [0.25, 0.3) is 0 Å². The fraction of sp³-hybridized carbons (Fsp3) is 0.462. The number of hydrogen-bond donors (Lipinski definition) is 0. The fourth-order valence-electron chi connectivity index (χ4n) is 2.40. The summed E-state index contributed by atoms with van der Waals surface area (Å²) in [6.07, 6.45) is 1.39. The monoisotopic (exact) mass is 232 g/mol. The Morgan fingerprint density at radius 1 is 1.29 bits per heavy atom. The Morgan fingerprint density at radius 2 is 1.88 bits per heavy atom. The summed E-state index contributed by atoms with van der Waals surface area (Å²) in [5, 5.41) is 0. The van der Waals surface area contributed by atoms with Gasteiger partial charge in [-0.2, -0.15) is 0 Å². The molecule has 1 heterocycles. The lowest BCUT2D eigenvalue weighted by atomic mass is 9.73. The van der Waals surface area contributed by atoms with E-state index < -0.39 is 5.41 Å². The summed E-state index contributed by atoms with van der Waals surface area (Å²) >= 11 is 0. The molecule has 4 heteroatoms. The molecule has 0 unspecified atom stereocenters. The summed E-state index contributed by atoms with van der Waals surface area (Å²) in [4.78, 5) is 12.1.